The van der Waals surface area contributed by atoms with E-state index in [1.54, 1.807) is 0 Å². The molecule has 1 atom stereocenters. The fraction of sp³-hybridized carbons (Fsp3) is 0.250. The SMILES string of the molecule is Fc1cc(F)cc(C2CCc3nc(Br)cn32)c1. The molecule has 0 fully saturated rings. The van der Waals surface area contributed by atoms with Gasteiger partial charge >= 0.3 is 0 Å². The summed E-state index contributed by atoms with van der Waals surface area (Å²) in [5.74, 6) is -0.119. The number of fused-ring (bicyclic) bond motifs is 1. The first-order valence-electron chi connectivity index (χ1n) is 5.33. The zero-order chi connectivity index (χ0) is 12.0. The topological polar surface area (TPSA) is 17.8 Å². The number of benzene rings is 1. The highest BCUT2D eigenvalue weighted by atomic mass is 79.9. The van der Waals surface area contributed by atoms with Gasteiger partial charge in [-0.1, -0.05) is 0 Å². The maximum absolute atomic E-state index is 13.2. The van der Waals surface area contributed by atoms with Gasteiger partial charge in [-0.15, -0.1) is 0 Å². The van der Waals surface area contributed by atoms with Crippen molar-refractivity contribution in [3.05, 3.63) is 52.0 Å². The molecule has 17 heavy (non-hydrogen) atoms. The van der Waals surface area contributed by atoms with Gasteiger partial charge in [0.1, 0.15) is 22.1 Å². The van der Waals surface area contributed by atoms with Crippen molar-refractivity contribution < 1.29 is 8.78 Å². The molecule has 1 aromatic carbocycles. The maximum Gasteiger partial charge on any atom is 0.126 e. The minimum atomic E-state index is -0.535. The van der Waals surface area contributed by atoms with Crippen molar-refractivity contribution in [2.24, 2.45) is 0 Å². The van der Waals surface area contributed by atoms with E-state index in [1.807, 2.05) is 10.8 Å². The molecule has 0 radical (unpaired) electrons. The number of aromatic nitrogens is 2. The van der Waals surface area contributed by atoms with Crippen LogP contribution in [0.2, 0.25) is 0 Å². The van der Waals surface area contributed by atoms with Crippen LogP contribution in [0.3, 0.4) is 0 Å². The van der Waals surface area contributed by atoms with E-state index in [-0.39, 0.29) is 6.04 Å². The molecule has 3 rings (SSSR count). The highest BCUT2D eigenvalue weighted by molar-refractivity contribution is 9.10. The second kappa shape index (κ2) is 3.91. The zero-order valence-corrected chi connectivity index (χ0v) is 10.4. The Hall–Kier alpha value is -1.23. The van der Waals surface area contributed by atoms with E-state index in [9.17, 15) is 8.78 Å². The van der Waals surface area contributed by atoms with Crippen LogP contribution >= 0.6 is 15.9 Å². The van der Waals surface area contributed by atoms with Crippen LogP contribution in [0.15, 0.2) is 29.0 Å². The van der Waals surface area contributed by atoms with Crippen LogP contribution in [-0.2, 0) is 6.42 Å². The molecule has 0 aliphatic carbocycles. The highest BCUT2D eigenvalue weighted by Crippen LogP contribution is 2.33. The molecule has 2 nitrogen and oxygen atoms in total. The van der Waals surface area contributed by atoms with Crippen LogP contribution < -0.4 is 0 Å². The third-order valence-electron chi connectivity index (χ3n) is 3.03. The third-order valence-corrected chi connectivity index (χ3v) is 3.41. The van der Waals surface area contributed by atoms with Gasteiger partial charge in [-0.3, -0.25) is 0 Å². The summed E-state index contributed by atoms with van der Waals surface area (Å²) in [6.07, 6.45) is 3.52. The molecule has 0 saturated carbocycles. The average Bonchev–Trinajstić information content (AvgIpc) is 2.74. The first-order valence-corrected chi connectivity index (χ1v) is 6.12. The average molecular weight is 299 g/mol. The quantitative estimate of drug-likeness (QED) is 0.788. The molecule has 0 spiro atoms. The Bertz CT molecular complexity index is 560. The van der Waals surface area contributed by atoms with Crippen molar-refractivity contribution in [1.29, 1.82) is 0 Å². The molecule has 1 aromatic heterocycles. The molecule has 1 aliphatic heterocycles. The Morgan fingerprint density at radius 1 is 1.24 bits per heavy atom. The van der Waals surface area contributed by atoms with Gasteiger partial charge in [0, 0.05) is 18.7 Å². The second-order valence-corrected chi connectivity index (χ2v) is 4.96. The van der Waals surface area contributed by atoms with Gasteiger partial charge in [-0.2, -0.15) is 0 Å². The molecule has 88 valence electrons. The second-order valence-electron chi connectivity index (χ2n) is 4.14. The highest BCUT2D eigenvalue weighted by Gasteiger charge is 2.25. The summed E-state index contributed by atoms with van der Waals surface area (Å²) in [7, 11) is 0. The summed E-state index contributed by atoms with van der Waals surface area (Å²) in [5, 5.41) is 0. The van der Waals surface area contributed by atoms with Crippen LogP contribution in [-0.4, -0.2) is 9.55 Å². The maximum atomic E-state index is 13.2. The van der Waals surface area contributed by atoms with Crippen molar-refractivity contribution in [3.8, 4) is 0 Å². The van der Waals surface area contributed by atoms with Gasteiger partial charge in [0.25, 0.3) is 0 Å². The molecule has 2 heterocycles. The van der Waals surface area contributed by atoms with Crippen molar-refractivity contribution in [2.75, 3.05) is 0 Å². The fourth-order valence-corrected chi connectivity index (χ4v) is 2.78. The summed E-state index contributed by atoms with van der Waals surface area (Å²) in [4.78, 5) is 4.30. The molecule has 2 aromatic rings. The molecular weight excluding hydrogens is 290 g/mol. The van der Waals surface area contributed by atoms with Crippen molar-refractivity contribution in [3.63, 3.8) is 0 Å². The van der Waals surface area contributed by atoms with Gasteiger partial charge < -0.3 is 4.57 Å². The monoisotopic (exact) mass is 298 g/mol. The Morgan fingerprint density at radius 2 is 1.94 bits per heavy atom. The number of hydrogen-bond acceptors (Lipinski definition) is 1. The van der Waals surface area contributed by atoms with E-state index in [1.165, 1.54) is 12.1 Å². The van der Waals surface area contributed by atoms with Crippen LogP contribution in [0.4, 0.5) is 8.78 Å². The number of aryl methyl sites for hydroxylation is 1. The van der Waals surface area contributed by atoms with E-state index in [4.69, 9.17) is 0 Å². The van der Waals surface area contributed by atoms with Crippen molar-refractivity contribution >= 4 is 15.9 Å². The van der Waals surface area contributed by atoms with Crippen LogP contribution in [0, 0.1) is 11.6 Å². The predicted molar refractivity (Wildman–Crippen MR) is 62.7 cm³/mol. The fourth-order valence-electron chi connectivity index (χ4n) is 2.35. The standard InChI is InChI=1S/C12H9BrF2N2/c13-11-6-17-10(1-2-12(17)16-11)7-3-8(14)5-9(15)4-7/h3-6,10H,1-2H2. The molecule has 1 aliphatic rings. The summed E-state index contributed by atoms with van der Waals surface area (Å²) >= 11 is 3.31. The molecule has 0 amide bonds. The van der Waals surface area contributed by atoms with Gasteiger partial charge in [-0.25, -0.2) is 13.8 Å². The van der Waals surface area contributed by atoms with Crippen LogP contribution in [0.25, 0.3) is 0 Å². The normalized spacial score (nSPS) is 18.4. The lowest BCUT2D eigenvalue weighted by molar-refractivity contribution is 0.560. The minimum absolute atomic E-state index is 0.0194. The number of rotatable bonds is 1. The minimum Gasteiger partial charge on any atom is -0.326 e. The van der Waals surface area contributed by atoms with E-state index in [2.05, 4.69) is 20.9 Å². The summed E-state index contributed by atoms with van der Waals surface area (Å²) in [5.41, 5.74) is 0.658. The van der Waals surface area contributed by atoms with Gasteiger partial charge in [-0.05, 0) is 40.0 Å². The molecule has 0 bridgehead atoms. The number of hydrogen-bond donors (Lipinski definition) is 0. The van der Waals surface area contributed by atoms with E-state index >= 15 is 0 Å². The third kappa shape index (κ3) is 1.88. The van der Waals surface area contributed by atoms with E-state index in [0.29, 0.717) is 5.56 Å². The first-order chi connectivity index (χ1) is 8.13. The summed E-state index contributed by atoms with van der Waals surface area (Å²) in [6, 6.07) is 3.64. The largest absolute Gasteiger partial charge is 0.326 e. The Balaban J connectivity index is 2.05. The zero-order valence-electron chi connectivity index (χ0n) is 8.83. The van der Waals surface area contributed by atoms with E-state index in [0.717, 1.165) is 29.3 Å². The number of nitrogens with zero attached hydrogens (tertiary/aromatic N) is 2. The number of halogens is 3. The lowest BCUT2D eigenvalue weighted by Crippen LogP contribution is -2.05. The van der Waals surface area contributed by atoms with Crippen molar-refractivity contribution in [1.82, 2.24) is 9.55 Å². The molecule has 0 N–H and O–H groups in total. The van der Waals surface area contributed by atoms with Gasteiger partial charge in [0.2, 0.25) is 0 Å². The Morgan fingerprint density at radius 3 is 2.65 bits per heavy atom. The van der Waals surface area contributed by atoms with Crippen molar-refractivity contribution in [2.45, 2.75) is 18.9 Å². The summed E-state index contributed by atoms with van der Waals surface area (Å²) < 4.78 is 29.1. The van der Waals surface area contributed by atoms with Gasteiger partial charge in [0.15, 0.2) is 0 Å². The van der Waals surface area contributed by atoms with Crippen LogP contribution in [0.1, 0.15) is 23.9 Å². The predicted octanol–water partition coefficient (Wildman–Crippen LogP) is 3.46. The molecular formula is C12H9BrF2N2. The smallest absolute Gasteiger partial charge is 0.126 e. The Kier molecular flexibility index (Phi) is 2.50. The van der Waals surface area contributed by atoms with Crippen LogP contribution in [0.5, 0.6) is 0 Å². The molecule has 5 heteroatoms. The molecule has 0 saturated heterocycles. The molecule has 1 unspecified atom stereocenters. The lowest BCUT2D eigenvalue weighted by Gasteiger charge is -2.13. The van der Waals surface area contributed by atoms with E-state index < -0.39 is 11.6 Å². The first kappa shape index (κ1) is 10.9. The van der Waals surface area contributed by atoms with Gasteiger partial charge in [0.05, 0.1) is 6.04 Å². The lowest BCUT2D eigenvalue weighted by atomic mass is 10.0. The Labute approximate surface area is 105 Å². The number of imidazole rings is 1. The summed E-state index contributed by atoms with van der Waals surface area (Å²) in [6.45, 7) is 0.